The number of esters is 1. The Morgan fingerprint density at radius 2 is 2.00 bits per heavy atom. The highest BCUT2D eigenvalue weighted by molar-refractivity contribution is 6.76. The van der Waals surface area contributed by atoms with Gasteiger partial charge >= 0.3 is 11.9 Å². The standard InChI is InChI=1S/C19H28N2O5Si/c1-13-8-15(10-17(19(23)24)26-14(2)22)9-16-11-21(20-18(13)16)12-25-6-7-27(3,4)5/h8-9,11,17H,6-7,10,12H2,1-5H3,(H,23,24). The molecule has 0 aliphatic rings. The fourth-order valence-corrected chi connectivity index (χ4v) is 3.51. The summed E-state index contributed by atoms with van der Waals surface area (Å²) < 4.78 is 12.4. The van der Waals surface area contributed by atoms with Crippen LogP contribution in [-0.2, 0) is 32.2 Å². The normalized spacial score (nSPS) is 12.9. The van der Waals surface area contributed by atoms with Crippen molar-refractivity contribution in [2.75, 3.05) is 6.61 Å². The van der Waals surface area contributed by atoms with Gasteiger partial charge < -0.3 is 14.6 Å². The largest absolute Gasteiger partial charge is 0.478 e. The third kappa shape index (κ3) is 6.48. The number of carbonyl (C=O) groups excluding carboxylic acids is 1. The molecule has 27 heavy (non-hydrogen) atoms. The van der Waals surface area contributed by atoms with Gasteiger partial charge in [-0.05, 0) is 30.2 Å². The van der Waals surface area contributed by atoms with E-state index in [-0.39, 0.29) is 6.42 Å². The van der Waals surface area contributed by atoms with Crippen molar-refractivity contribution >= 4 is 30.9 Å². The van der Waals surface area contributed by atoms with Gasteiger partial charge in [-0.2, -0.15) is 5.10 Å². The molecule has 1 aromatic carbocycles. The van der Waals surface area contributed by atoms with Crippen LogP contribution in [0.3, 0.4) is 0 Å². The van der Waals surface area contributed by atoms with Crippen molar-refractivity contribution < 1.29 is 24.2 Å². The van der Waals surface area contributed by atoms with Crippen molar-refractivity contribution in [3.8, 4) is 0 Å². The highest BCUT2D eigenvalue weighted by Gasteiger charge is 2.22. The number of ether oxygens (including phenoxy) is 2. The van der Waals surface area contributed by atoms with Gasteiger partial charge in [0.05, 0.1) is 5.52 Å². The average molecular weight is 393 g/mol. The molecule has 1 N–H and O–H groups in total. The summed E-state index contributed by atoms with van der Waals surface area (Å²) in [6, 6.07) is 4.86. The van der Waals surface area contributed by atoms with Crippen LogP contribution in [0, 0.1) is 6.92 Å². The minimum Gasteiger partial charge on any atom is -0.478 e. The maximum atomic E-state index is 11.3. The molecule has 2 rings (SSSR count). The summed E-state index contributed by atoms with van der Waals surface area (Å²) >= 11 is 0. The van der Waals surface area contributed by atoms with Crippen molar-refractivity contribution in [1.29, 1.82) is 0 Å². The number of hydrogen-bond acceptors (Lipinski definition) is 5. The fourth-order valence-electron chi connectivity index (χ4n) is 2.75. The Balaban J connectivity index is 2.11. The van der Waals surface area contributed by atoms with Gasteiger partial charge in [0.15, 0.2) is 0 Å². The molecular formula is C19H28N2O5Si. The van der Waals surface area contributed by atoms with Gasteiger partial charge in [-0.15, -0.1) is 0 Å². The molecule has 1 atom stereocenters. The molecule has 148 valence electrons. The highest BCUT2D eigenvalue weighted by Crippen LogP contribution is 2.21. The topological polar surface area (TPSA) is 90.6 Å². The number of aromatic nitrogens is 2. The molecule has 0 fully saturated rings. The number of rotatable bonds is 9. The Bertz CT molecular complexity index is 825. The molecule has 7 nitrogen and oxygen atoms in total. The van der Waals surface area contributed by atoms with E-state index in [2.05, 4.69) is 24.7 Å². The number of aryl methyl sites for hydroxylation is 1. The summed E-state index contributed by atoms with van der Waals surface area (Å²) in [5.41, 5.74) is 2.58. The lowest BCUT2D eigenvalue weighted by atomic mass is 10.0. The predicted octanol–water partition coefficient (Wildman–Crippen LogP) is 3.22. The van der Waals surface area contributed by atoms with Gasteiger partial charge in [0.25, 0.3) is 0 Å². The van der Waals surface area contributed by atoms with Crippen molar-refractivity contribution in [3.05, 3.63) is 29.5 Å². The second-order valence-electron chi connectivity index (χ2n) is 8.01. The second kappa shape index (κ2) is 8.66. The number of aliphatic carboxylic acids is 1. The third-order valence-electron chi connectivity index (χ3n) is 4.13. The molecule has 0 amide bonds. The van der Waals surface area contributed by atoms with E-state index in [1.165, 1.54) is 6.92 Å². The Morgan fingerprint density at radius 1 is 1.30 bits per heavy atom. The Morgan fingerprint density at radius 3 is 2.59 bits per heavy atom. The maximum absolute atomic E-state index is 11.3. The van der Waals surface area contributed by atoms with Gasteiger partial charge in [-0.1, -0.05) is 25.7 Å². The van der Waals surface area contributed by atoms with Crippen LogP contribution >= 0.6 is 0 Å². The molecule has 0 bridgehead atoms. The number of carboxylic acids is 1. The number of carbonyl (C=O) groups is 2. The first-order valence-corrected chi connectivity index (χ1v) is 12.7. The molecule has 2 aromatic rings. The summed E-state index contributed by atoms with van der Waals surface area (Å²) in [4.78, 5) is 22.4. The van der Waals surface area contributed by atoms with Gasteiger partial charge in [-0.3, -0.25) is 4.79 Å². The average Bonchev–Trinajstić information content (AvgIpc) is 2.93. The number of fused-ring (bicyclic) bond motifs is 1. The summed E-state index contributed by atoms with van der Waals surface area (Å²) in [7, 11) is -1.12. The Labute approximate surface area is 160 Å². The summed E-state index contributed by atoms with van der Waals surface area (Å²) in [5.74, 6) is -1.77. The summed E-state index contributed by atoms with van der Waals surface area (Å²) in [6.07, 6.45) is 0.810. The predicted molar refractivity (Wildman–Crippen MR) is 105 cm³/mol. The molecule has 1 unspecified atom stereocenters. The minimum absolute atomic E-state index is 0.115. The second-order valence-corrected chi connectivity index (χ2v) is 13.6. The van der Waals surface area contributed by atoms with E-state index in [0.717, 1.165) is 34.7 Å². The molecule has 0 spiro atoms. The molecule has 1 heterocycles. The lowest BCUT2D eigenvalue weighted by Gasteiger charge is -2.15. The molecule has 1 aromatic heterocycles. The van der Waals surface area contributed by atoms with Gasteiger partial charge in [0, 0.05) is 39.6 Å². The van der Waals surface area contributed by atoms with Gasteiger partial charge in [0.2, 0.25) is 6.10 Å². The zero-order valence-corrected chi connectivity index (χ0v) is 17.6. The van der Waals surface area contributed by atoms with E-state index in [1.807, 2.05) is 25.3 Å². The van der Waals surface area contributed by atoms with Crippen LogP contribution in [0.25, 0.3) is 10.9 Å². The first kappa shape index (κ1) is 21.1. The Hall–Kier alpha value is -2.19. The molecule has 8 heteroatoms. The van der Waals surface area contributed by atoms with Crippen molar-refractivity contribution in [1.82, 2.24) is 9.78 Å². The van der Waals surface area contributed by atoms with Gasteiger partial charge in [-0.25, -0.2) is 9.48 Å². The van der Waals surface area contributed by atoms with Crippen molar-refractivity contribution in [3.63, 3.8) is 0 Å². The zero-order chi connectivity index (χ0) is 20.2. The molecule has 0 radical (unpaired) electrons. The molecule has 0 saturated heterocycles. The fraction of sp³-hybridized carbons (Fsp3) is 0.526. The number of nitrogens with zero attached hydrogens (tertiary/aromatic N) is 2. The molecule has 0 saturated carbocycles. The summed E-state index contributed by atoms with van der Waals surface area (Å²) in [6.45, 7) is 11.2. The van der Waals surface area contributed by atoms with E-state index < -0.39 is 26.1 Å². The number of carboxylic acid groups (broad SMARTS) is 1. The smallest absolute Gasteiger partial charge is 0.345 e. The first-order valence-electron chi connectivity index (χ1n) is 8.99. The van der Waals surface area contributed by atoms with E-state index >= 15 is 0 Å². The number of hydrogen-bond donors (Lipinski definition) is 1. The van der Waals surface area contributed by atoms with Crippen LogP contribution in [0.15, 0.2) is 18.3 Å². The van der Waals surface area contributed by atoms with Crippen LogP contribution in [-0.4, -0.2) is 47.6 Å². The lowest BCUT2D eigenvalue weighted by molar-refractivity contribution is -0.162. The van der Waals surface area contributed by atoms with E-state index in [9.17, 15) is 14.7 Å². The highest BCUT2D eigenvalue weighted by atomic mass is 28.3. The molecular weight excluding hydrogens is 364 g/mol. The van der Waals surface area contributed by atoms with Crippen LogP contribution in [0.5, 0.6) is 0 Å². The summed E-state index contributed by atoms with van der Waals surface area (Å²) in [5, 5.41) is 14.7. The first-order chi connectivity index (χ1) is 12.5. The SMILES string of the molecule is CC(=O)OC(Cc1cc(C)c2nn(COCC[Si](C)(C)C)cc2c1)C(=O)O. The van der Waals surface area contributed by atoms with E-state index in [0.29, 0.717) is 6.73 Å². The third-order valence-corrected chi connectivity index (χ3v) is 5.84. The van der Waals surface area contributed by atoms with Crippen molar-refractivity contribution in [2.24, 2.45) is 0 Å². The molecule has 0 aliphatic heterocycles. The zero-order valence-electron chi connectivity index (χ0n) is 16.6. The van der Waals surface area contributed by atoms with Crippen LogP contribution in [0.4, 0.5) is 0 Å². The quantitative estimate of drug-likeness (QED) is 0.400. The van der Waals surface area contributed by atoms with E-state index in [4.69, 9.17) is 9.47 Å². The van der Waals surface area contributed by atoms with Crippen LogP contribution in [0.2, 0.25) is 25.7 Å². The van der Waals surface area contributed by atoms with Crippen molar-refractivity contribution in [2.45, 2.75) is 58.8 Å². The molecule has 0 aliphatic carbocycles. The lowest BCUT2D eigenvalue weighted by Crippen LogP contribution is -2.28. The van der Waals surface area contributed by atoms with E-state index in [1.54, 1.807) is 4.68 Å². The van der Waals surface area contributed by atoms with Crippen LogP contribution < -0.4 is 0 Å². The minimum atomic E-state index is -1.20. The monoisotopic (exact) mass is 392 g/mol. The number of benzene rings is 1. The van der Waals surface area contributed by atoms with Crippen LogP contribution in [0.1, 0.15) is 18.1 Å². The Kier molecular flexibility index (Phi) is 6.77. The maximum Gasteiger partial charge on any atom is 0.345 e. The van der Waals surface area contributed by atoms with Gasteiger partial charge in [0.1, 0.15) is 6.73 Å².